The number of ether oxygens (including phenoxy) is 1. The highest BCUT2D eigenvalue weighted by Crippen LogP contribution is 2.22. The lowest BCUT2D eigenvalue weighted by molar-refractivity contribution is 0.0525. The SMILES string of the molecule is CCOC(=O)c1cnc2ccccc2c1CCBr. The molecule has 4 heteroatoms. The number of esters is 1. The molecule has 0 saturated carbocycles. The second-order valence-electron chi connectivity index (χ2n) is 3.83. The average Bonchev–Trinajstić information content (AvgIpc) is 2.39. The molecule has 0 unspecified atom stereocenters. The predicted molar refractivity (Wildman–Crippen MR) is 75.2 cm³/mol. The number of benzene rings is 1. The number of nitrogens with zero attached hydrogens (tertiary/aromatic N) is 1. The number of rotatable bonds is 4. The van der Waals surface area contributed by atoms with E-state index in [1.54, 1.807) is 13.1 Å². The molecule has 0 aliphatic heterocycles. The third kappa shape index (κ3) is 2.53. The van der Waals surface area contributed by atoms with E-state index < -0.39 is 0 Å². The lowest BCUT2D eigenvalue weighted by Crippen LogP contribution is -2.10. The van der Waals surface area contributed by atoms with Crippen LogP contribution in [-0.4, -0.2) is 22.9 Å². The van der Waals surface area contributed by atoms with Gasteiger partial charge >= 0.3 is 5.97 Å². The molecular formula is C14H14BrNO2. The van der Waals surface area contributed by atoms with Crippen LogP contribution in [0.5, 0.6) is 0 Å². The Morgan fingerprint density at radius 1 is 1.39 bits per heavy atom. The Kier molecular flexibility index (Phi) is 4.31. The molecule has 1 heterocycles. The van der Waals surface area contributed by atoms with Crippen LogP contribution in [0.4, 0.5) is 0 Å². The number of aryl methyl sites for hydroxylation is 1. The summed E-state index contributed by atoms with van der Waals surface area (Å²) in [5.74, 6) is -0.299. The van der Waals surface area contributed by atoms with Gasteiger partial charge < -0.3 is 4.74 Å². The van der Waals surface area contributed by atoms with Gasteiger partial charge in [0.2, 0.25) is 0 Å². The summed E-state index contributed by atoms with van der Waals surface area (Å²) in [5.41, 5.74) is 2.47. The Labute approximate surface area is 114 Å². The monoisotopic (exact) mass is 307 g/mol. The maximum Gasteiger partial charge on any atom is 0.339 e. The van der Waals surface area contributed by atoms with Crippen molar-refractivity contribution < 1.29 is 9.53 Å². The van der Waals surface area contributed by atoms with Crippen LogP contribution in [0.3, 0.4) is 0 Å². The number of pyridine rings is 1. The van der Waals surface area contributed by atoms with Crippen molar-refractivity contribution in [1.29, 1.82) is 0 Å². The van der Waals surface area contributed by atoms with Crippen LogP contribution in [-0.2, 0) is 11.2 Å². The van der Waals surface area contributed by atoms with Gasteiger partial charge in [-0.1, -0.05) is 34.1 Å². The van der Waals surface area contributed by atoms with Crippen molar-refractivity contribution in [2.45, 2.75) is 13.3 Å². The van der Waals surface area contributed by atoms with Crippen molar-refractivity contribution >= 4 is 32.8 Å². The van der Waals surface area contributed by atoms with E-state index in [1.807, 2.05) is 24.3 Å². The zero-order chi connectivity index (χ0) is 13.0. The molecule has 0 fully saturated rings. The predicted octanol–water partition coefficient (Wildman–Crippen LogP) is 3.35. The van der Waals surface area contributed by atoms with Crippen LogP contribution in [0.1, 0.15) is 22.8 Å². The first kappa shape index (κ1) is 13.0. The van der Waals surface area contributed by atoms with E-state index in [9.17, 15) is 4.79 Å². The Morgan fingerprint density at radius 3 is 2.89 bits per heavy atom. The lowest BCUT2D eigenvalue weighted by Gasteiger charge is -2.10. The minimum Gasteiger partial charge on any atom is -0.462 e. The number of aromatic nitrogens is 1. The van der Waals surface area contributed by atoms with Crippen molar-refractivity contribution in [2.24, 2.45) is 0 Å². The summed E-state index contributed by atoms with van der Waals surface area (Å²) >= 11 is 3.42. The van der Waals surface area contributed by atoms with Gasteiger partial charge in [0, 0.05) is 16.9 Å². The maximum atomic E-state index is 11.9. The summed E-state index contributed by atoms with van der Waals surface area (Å²) in [7, 11) is 0. The quantitative estimate of drug-likeness (QED) is 0.642. The molecule has 0 bridgehead atoms. The second-order valence-corrected chi connectivity index (χ2v) is 4.62. The third-order valence-electron chi connectivity index (χ3n) is 2.73. The number of carbonyl (C=O) groups is 1. The zero-order valence-electron chi connectivity index (χ0n) is 10.1. The van der Waals surface area contributed by atoms with Gasteiger partial charge in [0.25, 0.3) is 0 Å². The molecule has 0 radical (unpaired) electrons. The van der Waals surface area contributed by atoms with E-state index in [4.69, 9.17) is 4.74 Å². The summed E-state index contributed by atoms with van der Waals surface area (Å²) in [5, 5.41) is 1.82. The highest BCUT2D eigenvalue weighted by Gasteiger charge is 2.15. The molecule has 2 rings (SSSR count). The molecule has 0 saturated heterocycles. The smallest absolute Gasteiger partial charge is 0.339 e. The van der Waals surface area contributed by atoms with Crippen molar-refractivity contribution in [3.8, 4) is 0 Å². The first-order valence-electron chi connectivity index (χ1n) is 5.87. The Bertz CT molecular complexity index is 569. The summed E-state index contributed by atoms with van der Waals surface area (Å²) in [6, 6.07) is 7.83. The molecular weight excluding hydrogens is 294 g/mol. The molecule has 2 aromatic rings. The molecule has 0 amide bonds. The van der Waals surface area contributed by atoms with Crippen LogP contribution in [0.15, 0.2) is 30.5 Å². The first-order chi connectivity index (χ1) is 8.77. The number of hydrogen-bond donors (Lipinski definition) is 0. The minimum atomic E-state index is -0.299. The summed E-state index contributed by atoms with van der Waals surface area (Å²) in [6.45, 7) is 2.18. The largest absolute Gasteiger partial charge is 0.462 e. The number of para-hydroxylation sites is 1. The Balaban J connectivity index is 2.58. The molecule has 0 atom stereocenters. The summed E-state index contributed by atoms with van der Waals surface area (Å²) in [4.78, 5) is 16.2. The van der Waals surface area contributed by atoms with Gasteiger partial charge in [-0.05, 0) is 25.0 Å². The van der Waals surface area contributed by atoms with E-state index in [0.29, 0.717) is 12.2 Å². The molecule has 0 N–H and O–H groups in total. The fraction of sp³-hybridized carbons (Fsp3) is 0.286. The number of fused-ring (bicyclic) bond motifs is 1. The molecule has 3 nitrogen and oxygen atoms in total. The van der Waals surface area contributed by atoms with Crippen molar-refractivity contribution in [3.63, 3.8) is 0 Å². The van der Waals surface area contributed by atoms with Gasteiger partial charge in [0.1, 0.15) is 0 Å². The highest BCUT2D eigenvalue weighted by molar-refractivity contribution is 9.09. The van der Waals surface area contributed by atoms with E-state index in [0.717, 1.165) is 28.2 Å². The number of hydrogen-bond acceptors (Lipinski definition) is 3. The number of alkyl halides is 1. The van der Waals surface area contributed by atoms with Crippen LogP contribution < -0.4 is 0 Å². The minimum absolute atomic E-state index is 0.299. The first-order valence-corrected chi connectivity index (χ1v) is 6.99. The van der Waals surface area contributed by atoms with E-state index in [1.165, 1.54) is 0 Å². The topological polar surface area (TPSA) is 39.2 Å². The zero-order valence-corrected chi connectivity index (χ0v) is 11.7. The molecule has 18 heavy (non-hydrogen) atoms. The van der Waals surface area contributed by atoms with Crippen LogP contribution in [0.2, 0.25) is 0 Å². The second kappa shape index (κ2) is 5.96. The van der Waals surface area contributed by atoms with Gasteiger partial charge in [-0.15, -0.1) is 0 Å². The highest BCUT2D eigenvalue weighted by atomic mass is 79.9. The summed E-state index contributed by atoms with van der Waals surface area (Å²) < 4.78 is 5.07. The van der Waals surface area contributed by atoms with Crippen molar-refractivity contribution in [3.05, 3.63) is 41.6 Å². The van der Waals surface area contributed by atoms with Gasteiger partial charge in [-0.25, -0.2) is 4.79 Å². The molecule has 94 valence electrons. The van der Waals surface area contributed by atoms with E-state index in [-0.39, 0.29) is 5.97 Å². The van der Waals surface area contributed by atoms with Crippen molar-refractivity contribution in [2.75, 3.05) is 11.9 Å². The normalized spacial score (nSPS) is 10.6. The molecule has 1 aromatic heterocycles. The third-order valence-corrected chi connectivity index (χ3v) is 3.12. The van der Waals surface area contributed by atoms with Crippen molar-refractivity contribution in [1.82, 2.24) is 4.98 Å². The van der Waals surface area contributed by atoms with E-state index >= 15 is 0 Å². The molecule has 0 aliphatic rings. The Morgan fingerprint density at radius 2 is 2.17 bits per heavy atom. The maximum absolute atomic E-state index is 11.9. The van der Waals surface area contributed by atoms with Gasteiger partial charge in [0.05, 0.1) is 17.7 Å². The molecule has 0 spiro atoms. The van der Waals surface area contributed by atoms with Crippen LogP contribution in [0, 0.1) is 0 Å². The standard InChI is InChI=1S/C14H14BrNO2/c1-2-18-14(17)12-9-16-13-6-4-3-5-11(13)10(12)7-8-15/h3-6,9H,2,7-8H2,1H3. The fourth-order valence-corrected chi connectivity index (χ4v) is 2.34. The Hall–Kier alpha value is -1.42. The van der Waals surface area contributed by atoms with E-state index in [2.05, 4.69) is 20.9 Å². The number of halogens is 1. The van der Waals surface area contributed by atoms with Gasteiger partial charge in [-0.2, -0.15) is 0 Å². The van der Waals surface area contributed by atoms with Gasteiger partial charge in [0.15, 0.2) is 0 Å². The molecule has 0 aliphatic carbocycles. The molecule has 1 aromatic carbocycles. The van der Waals surface area contributed by atoms with Gasteiger partial charge in [-0.3, -0.25) is 4.98 Å². The lowest BCUT2D eigenvalue weighted by atomic mass is 10.0. The van der Waals surface area contributed by atoms with Crippen LogP contribution >= 0.6 is 15.9 Å². The average molecular weight is 308 g/mol. The summed E-state index contributed by atoms with van der Waals surface area (Å²) in [6.07, 6.45) is 2.38. The fourth-order valence-electron chi connectivity index (χ4n) is 1.95. The van der Waals surface area contributed by atoms with Crippen LogP contribution in [0.25, 0.3) is 10.9 Å². The number of carbonyl (C=O) groups excluding carboxylic acids is 1.